The second-order valence-electron chi connectivity index (χ2n) is 6.34. The first-order valence-corrected chi connectivity index (χ1v) is 9.97. The Hall–Kier alpha value is -3.59. The van der Waals surface area contributed by atoms with Crippen LogP contribution < -0.4 is 11.1 Å². The molecule has 3 rings (SSSR count). The minimum Gasteiger partial charge on any atom is -0.457 e. The van der Waals surface area contributed by atoms with Gasteiger partial charge in [0.05, 0.1) is 17.0 Å². The van der Waals surface area contributed by atoms with Crippen molar-refractivity contribution in [3.8, 4) is 0 Å². The van der Waals surface area contributed by atoms with Gasteiger partial charge < -0.3 is 20.4 Å². The van der Waals surface area contributed by atoms with Gasteiger partial charge in [-0.25, -0.2) is 9.78 Å². The maximum absolute atomic E-state index is 12.5. The highest BCUT2D eigenvalue weighted by Gasteiger charge is 2.15. The smallest absolute Gasteiger partial charge is 0.340 e. The fourth-order valence-corrected chi connectivity index (χ4v) is 3.30. The second kappa shape index (κ2) is 9.75. The first-order chi connectivity index (χ1) is 14.4. The van der Waals surface area contributed by atoms with Crippen molar-refractivity contribution in [2.24, 2.45) is 12.8 Å². The first kappa shape index (κ1) is 21.1. The number of hydrogen-bond donors (Lipinski definition) is 2. The zero-order valence-corrected chi connectivity index (χ0v) is 17.0. The molecule has 154 valence electrons. The van der Waals surface area contributed by atoms with Crippen LogP contribution in [0.3, 0.4) is 0 Å². The molecule has 0 atom stereocenters. The summed E-state index contributed by atoms with van der Waals surface area (Å²) in [6, 6.07) is 13.1. The molecule has 2 amide bonds. The Labute approximate surface area is 177 Å². The number of para-hydroxylation sites is 1. The summed E-state index contributed by atoms with van der Waals surface area (Å²) in [5.74, 6) is -1.20. The van der Waals surface area contributed by atoms with Gasteiger partial charge >= 0.3 is 5.97 Å². The molecule has 0 unspecified atom stereocenters. The predicted octanol–water partition coefficient (Wildman–Crippen LogP) is 2.61. The Kier molecular flexibility index (Phi) is 6.87. The highest BCUT2D eigenvalue weighted by Crippen LogP contribution is 2.19. The van der Waals surface area contributed by atoms with E-state index in [2.05, 4.69) is 10.3 Å². The minimum absolute atomic E-state index is 0.0230. The van der Waals surface area contributed by atoms with Gasteiger partial charge in [0.15, 0.2) is 5.16 Å². The number of carbonyl (C=O) groups is 3. The summed E-state index contributed by atoms with van der Waals surface area (Å²) in [5, 5.41) is 3.46. The Balaban J connectivity index is 1.59. The van der Waals surface area contributed by atoms with Crippen molar-refractivity contribution in [1.82, 2.24) is 9.55 Å². The molecule has 8 nitrogen and oxygen atoms in total. The number of primary amides is 1. The number of aryl methyl sites for hydroxylation is 1. The molecule has 3 aromatic rings. The van der Waals surface area contributed by atoms with Gasteiger partial charge in [-0.15, -0.1) is 0 Å². The van der Waals surface area contributed by atoms with Crippen molar-refractivity contribution in [2.45, 2.75) is 11.8 Å². The summed E-state index contributed by atoms with van der Waals surface area (Å²) in [6.45, 7) is 0.0230. The first-order valence-electron chi connectivity index (χ1n) is 8.99. The quantitative estimate of drug-likeness (QED) is 0.424. The number of hydrogen-bond acceptors (Lipinski definition) is 6. The van der Waals surface area contributed by atoms with E-state index in [0.29, 0.717) is 16.8 Å². The number of rotatable bonds is 8. The van der Waals surface area contributed by atoms with Crippen LogP contribution in [0.5, 0.6) is 0 Å². The van der Waals surface area contributed by atoms with Gasteiger partial charge in [-0.3, -0.25) is 9.59 Å². The SMILES string of the molecule is Cn1ccnc1SCC(=O)Nc1ccccc1C(=O)OCc1ccc(C(N)=O)cc1. The molecular formula is C21H20N4O4S. The summed E-state index contributed by atoms with van der Waals surface area (Å²) in [5.41, 5.74) is 6.92. The van der Waals surface area contributed by atoms with Crippen LogP contribution in [0.25, 0.3) is 0 Å². The summed E-state index contributed by atoms with van der Waals surface area (Å²) >= 11 is 1.30. The van der Waals surface area contributed by atoms with Crippen molar-refractivity contribution in [1.29, 1.82) is 0 Å². The number of nitrogens with zero attached hydrogens (tertiary/aromatic N) is 2. The summed E-state index contributed by atoms with van der Waals surface area (Å²) in [6.07, 6.45) is 3.46. The number of thioether (sulfide) groups is 1. The number of imidazole rings is 1. The number of nitrogens with one attached hydrogen (secondary N) is 1. The summed E-state index contributed by atoms with van der Waals surface area (Å²) < 4.78 is 7.17. The second-order valence-corrected chi connectivity index (χ2v) is 7.28. The largest absolute Gasteiger partial charge is 0.457 e. The summed E-state index contributed by atoms with van der Waals surface area (Å²) in [4.78, 5) is 40.1. The van der Waals surface area contributed by atoms with Crippen molar-refractivity contribution < 1.29 is 19.1 Å². The van der Waals surface area contributed by atoms with E-state index in [-0.39, 0.29) is 23.8 Å². The van der Waals surface area contributed by atoms with Crippen LogP contribution in [0.4, 0.5) is 5.69 Å². The monoisotopic (exact) mass is 424 g/mol. The van der Waals surface area contributed by atoms with Crippen LogP contribution in [0, 0.1) is 0 Å². The standard InChI is InChI=1S/C21H20N4O4S/c1-25-11-10-23-21(25)30-13-18(26)24-17-5-3-2-4-16(17)20(28)29-12-14-6-8-15(9-7-14)19(22)27/h2-11H,12-13H2,1H3,(H2,22,27)(H,24,26). The van der Waals surface area contributed by atoms with E-state index < -0.39 is 11.9 Å². The topological polar surface area (TPSA) is 116 Å². The molecule has 1 heterocycles. The molecule has 2 aromatic carbocycles. The van der Waals surface area contributed by atoms with Crippen LogP contribution in [-0.4, -0.2) is 33.1 Å². The van der Waals surface area contributed by atoms with E-state index in [4.69, 9.17) is 10.5 Å². The molecule has 9 heteroatoms. The Morgan fingerprint density at radius 1 is 1.13 bits per heavy atom. The van der Waals surface area contributed by atoms with E-state index in [9.17, 15) is 14.4 Å². The number of carbonyl (C=O) groups excluding carboxylic acids is 3. The molecule has 0 bridgehead atoms. The molecule has 0 aliphatic carbocycles. The van der Waals surface area contributed by atoms with Gasteiger partial charge in [0.25, 0.3) is 0 Å². The number of nitrogens with two attached hydrogens (primary N) is 1. The zero-order chi connectivity index (χ0) is 21.5. The molecule has 3 N–H and O–H groups in total. The number of aromatic nitrogens is 2. The van der Waals surface area contributed by atoms with E-state index in [1.807, 2.05) is 11.6 Å². The van der Waals surface area contributed by atoms with Crippen LogP contribution in [0.2, 0.25) is 0 Å². The van der Waals surface area contributed by atoms with Crippen LogP contribution in [0.15, 0.2) is 66.1 Å². The molecule has 30 heavy (non-hydrogen) atoms. The number of anilines is 1. The lowest BCUT2D eigenvalue weighted by Gasteiger charge is -2.11. The molecule has 0 radical (unpaired) electrons. The van der Waals surface area contributed by atoms with E-state index in [0.717, 1.165) is 5.16 Å². The minimum atomic E-state index is -0.568. The van der Waals surface area contributed by atoms with Gasteiger partial charge in [-0.1, -0.05) is 36.0 Å². The van der Waals surface area contributed by atoms with Crippen molar-refractivity contribution in [3.63, 3.8) is 0 Å². The maximum atomic E-state index is 12.5. The van der Waals surface area contributed by atoms with Crippen molar-refractivity contribution in [2.75, 3.05) is 11.1 Å². The van der Waals surface area contributed by atoms with Gasteiger partial charge in [0, 0.05) is 25.0 Å². The molecule has 0 fully saturated rings. The lowest BCUT2D eigenvalue weighted by molar-refractivity contribution is -0.113. The van der Waals surface area contributed by atoms with Gasteiger partial charge in [-0.2, -0.15) is 0 Å². The van der Waals surface area contributed by atoms with Crippen LogP contribution >= 0.6 is 11.8 Å². The van der Waals surface area contributed by atoms with Crippen molar-refractivity contribution >= 4 is 35.2 Å². The highest BCUT2D eigenvalue weighted by atomic mass is 32.2. The molecular weight excluding hydrogens is 404 g/mol. The fourth-order valence-electron chi connectivity index (χ4n) is 2.57. The Morgan fingerprint density at radius 3 is 2.53 bits per heavy atom. The Morgan fingerprint density at radius 2 is 1.87 bits per heavy atom. The zero-order valence-electron chi connectivity index (χ0n) is 16.2. The third-order valence-electron chi connectivity index (χ3n) is 4.14. The molecule has 0 saturated heterocycles. The normalized spacial score (nSPS) is 10.4. The highest BCUT2D eigenvalue weighted by molar-refractivity contribution is 7.99. The Bertz CT molecular complexity index is 1060. The lowest BCUT2D eigenvalue weighted by Crippen LogP contribution is -2.17. The van der Waals surface area contributed by atoms with E-state index in [1.54, 1.807) is 60.9 Å². The predicted molar refractivity (Wildman–Crippen MR) is 113 cm³/mol. The molecule has 1 aromatic heterocycles. The average Bonchev–Trinajstić information content (AvgIpc) is 3.16. The number of amides is 2. The third kappa shape index (κ3) is 5.48. The molecule has 0 aliphatic rings. The van der Waals surface area contributed by atoms with Crippen LogP contribution in [0.1, 0.15) is 26.3 Å². The van der Waals surface area contributed by atoms with Gasteiger partial charge in [0.1, 0.15) is 6.61 Å². The van der Waals surface area contributed by atoms with Gasteiger partial charge in [0.2, 0.25) is 11.8 Å². The maximum Gasteiger partial charge on any atom is 0.340 e. The third-order valence-corrected chi connectivity index (χ3v) is 5.20. The molecule has 0 aliphatic heterocycles. The lowest BCUT2D eigenvalue weighted by atomic mass is 10.1. The van der Waals surface area contributed by atoms with E-state index in [1.165, 1.54) is 11.8 Å². The van der Waals surface area contributed by atoms with E-state index >= 15 is 0 Å². The summed E-state index contributed by atoms with van der Waals surface area (Å²) in [7, 11) is 1.85. The number of esters is 1. The van der Waals surface area contributed by atoms with Gasteiger partial charge in [-0.05, 0) is 29.8 Å². The number of benzene rings is 2. The number of ether oxygens (including phenoxy) is 1. The fraction of sp³-hybridized carbons (Fsp3) is 0.143. The molecule has 0 saturated carbocycles. The molecule has 0 spiro atoms. The van der Waals surface area contributed by atoms with Crippen molar-refractivity contribution in [3.05, 3.63) is 77.6 Å². The van der Waals surface area contributed by atoms with Crippen LogP contribution in [-0.2, 0) is 23.2 Å². The average molecular weight is 424 g/mol.